The molecule has 0 aliphatic carbocycles. The van der Waals surface area contributed by atoms with Crippen LogP contribution in [0.4, 0.5) is 0 Å². The number of likely N-dealkylation sites (tertiary alicyclic amines) is 2. The van der Waals surface area contributed by atoms with E-state index in [0.717, 1.165) is 0 Å². The maximum atomic E-state index is 14.2. The number of aliphatic hydroxyl groups is 1. The summed E-state index contributed by atoms with van der Waals surface area (Å²) in [4.78, 5) is 112. The molecule has 0 aromatic heterocycles. The SMILES string of the molecule is CC[C@H](C)[C@H](N)C(=O)N1CCC[C@H]1C(=O)N[C@H](C(=O)N1CCC[C@H]1C(=O)N[C@H](C(=O)N[C@@H](CC(C)C)C(=O)N[C@H](C(=O)N[C@@H](Cc1ccccc1)C(=O)O)[C@@H](C)CC)[C@@H](C)CC)[C@@H](C)O. The monoisotopic (exact) mass is 913 g/mol. The van der Waals surface area contributed by atoms with E-state index in [-0.39, 0.29) is 43.6 Å². The van der Waals surface area contributed by atoms with Gasteiger partial charge in [0, 0.05) is 19.5 Å². The van der Waals surface area contributed by atoms with Crippen molar-refractivity contribution in [3.8, 4) is 0 Å². The van der Waals surface area contributed by atoms with Gasteiger partial charge in [0.15, 0.2) is 0 Å². The molecule has 2 fully saturated rings. The fourth-order valence-electron chi connectivity index (χ4n) is 8.29. The zero-order chi connectivity index (χ0) is 48.7. The van der Waals surface area contributed by atoms with E-state index in [9.17, 15) is 48.6 Å². The van der Waals surface area contributed by atoms with E-state index in [1.165, 1.54) is 16.7 Å². The van der Waals surface area contributed by atoms with Crippen LogP contribution >= 0.6 is 0 Å². The standard InChI is InChI=1S/C47H76N8O10/c1-10-27(6)36(48)45(62)54-22-16-20-34(54)42(59)53-39(30(9)56)46(63)55-23-17-21-35(55)41(58)52-38(29(8)12-3)43(60)49-32(24-26(4)5)40(57)51-37(28(7)11-2)44(61)50-33(47(64)65)25-31-18-14-13-15-19-31/h13-15,18-19,26-30,32-39,56H,10-12,16-17,20-25,48H2,1-9H3,(H,49,60)(H,50,61)(H,51,57)(H,52,58)(H,53,59)(H,64,65)/t27-,28-,29-,30+,32-,33-,34-,35-,36-,37-,38-,39-/m0/s1. The summed E-state index contributed by atoms with van der Waals surface area (Å²) in [6.45, 7) is 16.5. The predicted molar refractivity (Wildman–Crippen MR) is 244 cm³/mol. The highest BCUT2D eigenvalue weighted by Crippen LogP contribution is 2.24. The highest BCUT2D eigenvalue weighted by atomic mass is 16.4. The van der Waals surface area contributed by atoms with Crippen LogP contribution in [0.2, 0.25) is 0 Å². The summed E-state index contributed by atoms with van der Waals surface area (Å²) in [7, 11) is 0. The van der Waals surface area contributed by atoms with Gasteiger partial charge in [0.2, 0.25) is 41.4 Å². The first-order valence-electron chi connectivity index (χ1n) is 23.5. The molecular weight excluding hydrogens is 837 g/mol. The maximum absolute atomic E-state index is 14.2. The van der Waals surface area contributed by atoms with Gasteiger partial charge in [-0.25, -0.2) is 4.79 Å². The average Bonchev–Trinajstić information content (AvgIpc) is 3.98. The fraction of sp³-hybridized carbons (Fsp3) is 0.702. The molecule has 7 amide bonds. The van der Waals surface area contributed by atoms with Crippen molar-refractivity contribution in [3.63, 3.8) is 0 Å². The van der Waals surface area contributed by atoms with Crippen LogP contribution in [0.3, 0.4) is 0 Å². The highest BCUT2D eigenvalue weighted by molar-refractivity contribution is 5.98. The van der Waals surface area contributed by atoms with E-state index in [4.69, 9.17) is 5.73 Å². The third-order valence-corrected chi connectivity index (χ3v) is 13.1. The molecule has 9 N–H and O–H groups in total. The smallest absolute Gasteiger partial charge is 0.326 e. The molecule has 65 heavy (non-hydrogen) atoms. The van der Waals surface area contributed by atoms with Gasteiger partial charge in [-0.1, -0.05) is 105 Å². The van der Waals surface area contributed by atoms with Gasteiger partial charge in [0.05, 0.1) is 12.1 Å². The van der Waals surface area contributed by atoms with Crippen LogP contribution in [0.25, 0.3) is 0 Å². The summed E-state index contributed by atoms with van der Waals surface area (Å²) in [6, 6.07) is 0.0231. The Morgan fingerprint density at radius 3 is 1.55 bits per heavy atom. The number of carboxylic acid groups (broad SMARTS) is 1. The number of carboxylic acids is 1. The molecule has 0 unspecified atom stereocenters. The number of nitrogens with two attached hydrogens (primary N) is 1. The zero-order valence-electron chi connectivity index (χ0n) is 39.8. The molecule has 18 heteroatoms. The van der Waals surface area contributed by atoms with Crippen molar-refractivity contribution in [1.82, 2.24) is 36.4 Å². The number of nitrogens with zero attached hydrogens (tertiary/aromatic N) is 2. The summed E-state index contributed by atoms with van der Waals surface area (Å²) in [5, 5.41) is 34.4. The van der Waals surface area contributed by atoms with Crippen molar-refractivity contribution < 1.29 is 48.6 Å². The van der Waals surface area contributed by atoms with Gasteiger partial charge in [-0.3, -0.25) is 33.6 Å². The van der Waals surface area contributed by atoms with Gasteiger partial charge in [-0.2, -0.15) is 0 Å². The van der Waals surface area contributed by atoms with E-state index in [2.05, 4.69) is 26.6 Å². The topological polar surface area (TPSA) is 270 Å². The Morgan fingerprint density at radius 2 is 1.09 bits per heavy atom. The Labute approximate surface area is 384 Å². The predicted octanol–water partition coefficient (Wildman–Crippen LogP) is 1.61. The molecule has 2 aliphatic heterocycles. The number of benzene rings is 1. The van der Waals surface area contributed by atoms with Crippen molar-refractivity contribution in [2.45, 2.75) is 175 Å². The molecule has 1 aromatic carbocycles. The first kappa shape index (κ1) is 54.2. The van der Waals surface area contributed by atoms with Gasteiger partial charge in [-0.05, 0) is 68.3 Å². The summed E-state index contributed by atoms with van der Waals surface area (Å²) in [5.41, 5.74) is 6.93. The third-order valence-electron chi connectivity index (χ3n) is 13.1. The lowest BCUT2D eigenvalue weighted by Crippen LogP contribution is -2.62. The number of aliphatic hydroxyl groups excluding tert-OH is 1. The second-order valence-electron chi connectivity index (χ2n) is 18.5. The summed E-state index contributed by atoms with van der Waals surface area (Å²) in [5.74, 6) is -6.54. The van der Waals surface area contributed by atoms with Crippen molar-refractivity contribution in [1.29, 1.82) is 0 Å². The quantitative estimate of drug-likeness (QED) is 0.0739. The summed E-state index contributed by atoms with van der Waals surface area (Å²) < 4.78 is 0. The molecule has 0 bridgehead atoms. The second kappa shape index (κ2) is 25.6. The summed E-state index contributed by atoms with van der Waals surface area (Å²) >= 11 is 0. The minimum Gasteiger partial charge on any atom is -0.480 e. The number of nitrogens with one attached hydrogen (secondary N) is 5. The number of rotatable bonds is 24. The van der Waals surface area contributed by atoms with Crippen LogP contribution in [0, 0.1) is 23.7 Å². The average molecular weight is 913 g/mol. The largest absolute Gasteiger partial charge is 0.480 e. The van der Waals surface area contributed by atoms with Crippen LogP contribution < -0.4 is 32.3 Å². The molecule has 12 atom stereocenters. The maximum Gasteiger partial charge on any atom is 0.326 e. The normalized spacial score (nSPS) is 20.8. The van der Waals surface area contributed by atoms with E-state index in [0.29, 0.717) is 50.6 Å². The molecule has 0 saturated carbocycles. The molecular formula is C47H76N8O10. The number of hydrogen-bond acceptors (Lipinski definition) is 10. The van der Waals surface area contributed by atoms with Gasteiger partial charge in [0.25, 0.3) is 0 Å². The van der Waals surface area contributed by atoms with Crippen LogP contribution in [0.1, 0.15) is 119 Å². The van der Waals surface area contributed by atoms with Crippen LogP contribution in [0.5, 0.6) is 0 Å². The van der Waals surface area contributed by atoms with E-state index >= 15 is 0 Å². The van der Waals surface area contributed by atoms with Crippen LogP contribution in [-0.4, -0.2) is 135 Å². The molecule has 0 radical (unpaired) electrons. The first-order chi connectivity index (χ1) is 30.7. The lowest BCUT2D eigenvalue weighted by Gasteiger charge is -2.33. The fourth-order valence-corrected chi connectivity index (χ4v) is 8.29. The second-order valence-corrected chi connectivity index (χ2v) is 18.5. The number of carbonyl (C=O) groups is 8. The molecule has 2 saturated heterocycles. The third kappa shape index (κ3) is 15.0. The number of hydrogen-bond donors (Lipinski definition) is 8. The van der Waals surface area contributed by atoms with Gasteiger partial charge >= 0.3 is 5.97 Å². The molecule has 2 heterocycles. The van der Waals surface area contributed by atoms with Crippen molar-refractivity contribution in [3.05, 3.63) is 35.9 Å². The highest BCUT2D eigenvalue weighted by Gasteiger charge is 2.44. The van der Waals surface area contributed by atoms with Crippen LogP contribution in [0.15, 0.2) is 30.3 Å². The summed E-state index contributed by atoms with van der Waals surface area (Å²) in [6.07, 6.45) is 2.04. The lowest BCUT2D eigenvalue weighted by atomic mass is 9.95. The molecule has 2 aliphatic rings. The van der Waals surface area contributed by atoms with Gasteiger partial charge in [-0.15, -0.1) is 0 Å². The lowest BCUT2D eigenvalue weighted by molar-refractivity contribution is -0.146. The van der Waals surface area contributed by atoms with E-state index < -0.39 is 108 Å². The first-order valence-corrected chi connectivity index (χ1v) is 23.5. The molecule has 3 rings (SSSR count). The van der Waals surface area contributed by atoms with Crippen molar-refractivity contribution >= 4 is 47.3 Å². The molecule has 1 aromatic rings. The van der Waals surface area contributed by atoms with E-state index in [1.54, 1.807) is 44.2 Å². The van der Waals surface area contributed by atoms with Crippen LogP contribution in [-0.2, 0) is 44.8 Å². The number of amides is 7. The van der Waals surface area contributed by atoms with Crippen molar-refractivity contribution in [2.75, 3.05) is 13.1 Å². The Balaban J connectivity index is 1.77. The Kier molecular flexibility index (Phi) is 21.3. The molecule has 364 valence electrons. The Morgan fingerprint density at radius 1 is 0.631 bits per heavy atom. The van der Waals surface area contributed by atoms with Crippen molar-refractivity contribution in [2.24, 2.45) is 29.4 Å². The Hall–Kier alpha value is -5.10. The number of aliphatic carboxylic acids is 1. The minimum absolute atomic E-state index is 0.0272. The Bertz CT molecular complexity index is 1800. The van der Waals surface area contributed by atoms with Gasteiger partial charge in [0.1, 0.15) is 42.3 Å². The molecule has 18 nitrogen and oxygen atoms in total. The van der Waals surface area contributed by atoms with Gasteiger partial charge < -0.3 is 52.3 Å². The van der Waals surface area contributed by atoms with E-state index in [1.807, 2.05) is 41.5 Å². The molecule has 0 spiro atoms. The zero-order valence-corrected chi connectivity index (χ0v) is 39.8. The minimum atomic E-state index is -1.43. The number of carbonyl (C=O) groups excluding carboxylic acids is 7.